The van der Waals surface area contributed by atoms with Crippen LogP contribution in [0.3, 0.4) is 0 Å². The number of hydrogen-bond acceptors (Lipinski definition) is 3. The van der Waals surface area contributed by atoms with E-state index in [2.05, 4.69) is 0 Å². The minimum atomic E-state index is -0.741. The summed E-state index contributed by atoms with van der Waals surface area (Å²) in [6.07, 6.45) is 0.134. The summed E-state index contributed by atoms with van der Waals surface area (Å²) in [5.41, 5.74) is 0. The van der Waals surface area contributed by atoms with Crippen LogP contribution in [-0.4, -0.2) is 34.0 Å². The molecular formula is C8H18O4. The molecule has 0 aliphatic rings. The SMILES string of the molecule is CC(C)C(=O)O.CC(O)CCO. The van der Waals surface area contributed by atoms with Gasteiger partial charge >= 0.3 is 5.97 Å². The zero-order valence-electron chi connectivity index (χ0n) is 7.82. The quantitative estimate of drug-likeness (QED) is 0.587. The van der Waals surface area contributed by atoms with Crippen LogP contribution >= 0.6 is 0 Å². The van der Waals surface area contributed by atoms with E-state index in [4.69, 9.17) is 15.3 Å². The molecule has 0 saturated heterocycles. The second-order valence-corrected chi connectivity index (χ2v) is 2.85. The van der Waals surface area contributed by atoms with E-state index in [1.54, 1.807) is 20.8 Å². The number of rotatable bonds is 3. The molecule has 1 atom stereocenters. The molecule has 0 bridgehead atoms. The summed E-state index contributed by atoms with van der Waals surface area (Å²) in [7, 11) is 0. The molecule has 4 nitrogen and oxygen atoms in total. The van der Waals surface area contributed by atoms with Crippen LogP contribution in [0.4, 0.5) is 0 Å². The molecule has 0 amide bonds. The fraction of sp³-hybridized carbons (Fsp3) is 0.875. The highest BCUT2D eigenvalue weighted by atomic mass is 16.4. The first-order valence-electron chi connectivity index (χ1n) is 3.93. The summed E-state index contributed by atoms with van der Waals surface area (Å²) < 4.78 is 0. The first-order chi connectivity index (χ1) is 5.41. The smallest absolute Gasteiger partial charge is 0.305 e. The Bertz CT molecular complexity index is 110. The maximum Gasteiger partial charge on any atom is 0.305 e. The summed E-state index contributed by atoms with van der Waals surface area (Å²) in [6.45, 7) is 5.01. The number of carboxylic acids is 1. The Balaban J connectivity index is 0. The van der Waals surface area contributed by atoms with Gasteiger partial charge < -0.3 is 15.3 Å². The molecule has 1 unspecified atom stereocenters. The molecule has 3 N–H and O–H groups in total. The van der Waals surface area contributed by atoms with Gasteiger partial charge in [0.05, 0.1) is 12.0 Å². The van der Waals surface area contributed by atoms with Gasteiger partial charge in [-0.25, -0.2) is 0 Å². The molecule has 0 aromatic heterocycles. The number of carboxylic acid groups (broad SMARTS) is 1. The van der Waals surface area contributed by atoms with Crippen molar-refractivity contribution in [3.63, 3.8) is 0 Å². The average molecular weight is 178 g/mol. The molecule has 0 spiro atoms. The third-order valence-corrected chi connectivity index (χ3v) is 1.04. The Labute approximate surface area is 72.8 Å². The van der Waals surface area contributed by atoms with Crippen LogP contribution in [0.2, 0.25) is 0 Å². The highest BCUT2D eigenvalue weighted by Crippen LogP contribution is 1.87. The summed E-state index contributed by atoms with van der Waals surface area (Å²) in [6, 6.07) is 0. The van der Waals surface area contributed by atoms with Gasteiger partial charge in [-0.05, 0) is 13.3 Å². The molecule has 12 heavy (non-hydrogen) atoms. The van der Waals surface area contributed by atoms with Crippen LogP contribution < -0.4 is 0 Å². The molecule has 0 rings (SSSR count). The van der Waals surface area contributed by atoms with Gasteiger partial charge in [0.25, 0.3) is 0 Å². The van der Waals surface area contributed by atoms with E-state index in [9.17, 15) is 4.79 Å². The third kappa shape index (κ3) is 16.2. The standard InChI is InChI=1S/C4H10O2.C4H8O2/c1-4(6)2-3-5;1-3(2)4(5)6/h4-6H,2-3H2,1H3;3H,1-2H3,(H,5,6). The highest BCUT2D eigenvalue weighted by Gasteiger charge is 1.99. The molecule has 0 saturated carbocycles. The minimum Gasteiger partial charge on any atom is -0.481 e. The van der Waals surface area contributed by atoms with Crippen LogP contribution in [0.15, 0.2) is 0 Å². The van der Waals surface area contributed by atoms with E-state index < -0.39 is 5.97 Å². The van der Waals surface area contributed by atoms with Crippen molar-refractivity contribution in [3.8, 4) is 0 Å². The van der Waals surface area contributed by atoms with Crippen molar-refractivity contribution in [2.45, 2.75) is 33.3 Å². The normalized spacial score (nSPS) is 11.8. The summed E-state index contributed by atoms with van der Waals surface area (Å²) in [4.78, 5) is 9.70. The van der Waals surface area contributed by atoms with Crippen LogP contribution in [0, 0.1) is 5.92 Å². The van der Waals surface area contributed by atoms with Crippen molar-refractivity contribution in [3.05, 3.63) is 0 Å². The maximum atomic E-state index is 9.70. The number of aliphatic hydroxyl groups is 2. The Morgan fingerprint density at radius 2 is 1.67 bits per heavy atom. The molecule has 0 heterocycles. The molecule has 0 aromatic rings. The Hall–Kier alpha value is -0.610. The van der Waals surface area contributed by atoms with Crippen molar-refractivity contribution < 1.29 is 20.1 Å². The van der Waals surface area contributed by atoms with Crippen LogP contribution in [-0.2, 0) is 4.79 Å². The second kappa shape index (κ2) is 8.49. The van der Waals surface area contributed by atoms with Crippen molar-refractivity contribution in [2.75, 3.05) is 6.61 Å². The zero-order valence-corrected chi connectivity index (χ0v) is 7.82. The van der Waals surface area contributed by atoms with Gasteiger partial charge in [-0.3, -0.25) is 4.79 Å². The predicted molar refractivity (Wildman–Crippen MR) is 45.9 cm³/mol. The molecule has 0 fully saturated rings. The summed E-state index contributed by atoms with van der Waals surface area (Å²) in [5.74, 6) is -0.972. The van der Waals surface area contributed by atoms with Crippen LogP contribution in [0.5, 0.6) is 0 Å². The Kier molecular flexibility index (Phi) is 9.86. The lowest BCUT2D eigenvalue weighted by Gasteiger charge is -1.95. The largest absolute Gasteiger partial charge is 0.481 e. The number of carbonyl (C=O) groups is 1. The fourth-order valence-corrected chi connectivity index (χ4v) is 0.187. The van der Waals surface area contributed by atoms with E-state index in [1.807, 2.05) is 0 Å². The molecular weight excluding hydrogens is 160 g/mol. The van der Waals surface area contributed by atoms with E-state index >= 15 is 0 Å². The fourth-order valence-electron chi connectivity index (χ4n) is 0.187. The molecule has 0 aromatic carbocycles. The molecule has 4 heteroatoms. The minimum absolute atomic E-state index is 0.0810. The molecule has 0 radical (unpaired) electrons. The zero-order chi connectivity index (χ0) is 10.1. The van der Waals surface area contributed by atoms with Crippen LogP contribution in [0.1, 0.15) is 27.2 Å². The highest BCUT2D eigenvalue weighted by molar-refractivity contribution is 5.68. The third-order valence-electron chi connectivity index (χ3n) is 1.04. The monoisotopic (exact) mass is 178 g/mol. The second-order valence-electron chi connectivity index (χ2n) is 2.85. The topological polar surface area (TPSA) is 77.8 Å². The Morgan fingerprint density at radius 1 is 1.33 bits per heavy atom. The lowest BCUT2D eigenvalue weighted by atomic mass is 10.2. The van der Waals surface area contributed by atoms with E-state index in [0.717, 1.165) is 0 Å². The first-order valence-corrected chi connectivity index (χ1v) is 3.93. The number of hydrogen-bond donors (Lipinski definition) is 3. The lowest BCUT2D eigenvalue weighted by molar-refractivity contribution is -0.140. The van der Waals surface area contributed by atoms with Gasteiger partial charge in [-0.2, -0.15) is 0 Å². The lowest BCUT2D eigenvalue weighted by Crippen LogP contribution is -2.03. The van der Waals surface area contributed by atoms with E-state index in [1.165, 1.54) is 0 Å². The van der Waals surface area contributed by atoms with Gasteiger partial charge in [-0.15, -0.1) is 0 Å². The van der Waals surface area contributed by atoms with Gasteiger partial charge in [0.15, 0.2) is 0 Å². The maximum absolute atomic E-state index is 9.70. The predicted octanol–water partition coefficient (Wildman–Crippen LogP) is 0.477. The molecule has 0 aliphatic heterocycles. The summed E-state index contributed by atoms with van der Waals surface area (Å²) in [5, 5.41) is 24.5. The van der Waals surface area contributed by atoms with Crippen LogP contribution in [0.25, 0.3) is 0 Å². The van der Waals surface area contributed by atoms with E-state index in [-0.39, 0.29) is 18.6 Å². The van der Waals surface area contributed by atoms with Crippen molar-refractivity contribution in [2.24, 2.45) is 5.92 Å². The van der Waals surface area contributed by atoms with Gasteiger partial charge in [0.2, 0.25) is 0 Å². The van der Waals surface area contributed by atoms with Crippen molar-refractivity contribution >= 4 is 5.97 Å². The van der Waals surface area contributed by atoms with Crippen molar-refractivity contribution in [1.82, 2.24) is 0 Å². The van der Waals surface area contributed by atoms with Crippen molar-refractivity contribution in [1.29, 1.82) is 0 Å². The van der Waals surface area contributed by atoms with Gasteiger partial charge in [-0.1, -0.05) is 13.8 Å². The first kappa shape index (κ1) is 13.9. The van der Waals surface area contributed by atoms with E-state index in [0.29, 0.717) is 6.42 Å². The van der Waals surface area contributed by atoms with Gasteiger partial charge in [0, 0.05) is 6.61 Å². The Morgan fingerprint density at radius 3 is 1.67 bits per heavy atom. The molecule has 74 valence electrons. The summed E-state index contributed by atoms with van der Waals surface area (Å²) >= 11 is 0. The average Bonchev–Trinajstić information content (AvgIpc) is 1.87. The number of aliphatic hydroxyl groups excluding tert-OH is 2. The van der Waals surface area contributed by atoms with Gasteiger partial charge in [0.1, 0.15) is 0 Å². The number of aliphatic carboxylic acids is 1. The molecule has 0 aliphatic carbocycles.